The first kappa shape index (κ1) is 21.8. The summed E-state index contributed by atoms with van der Waals surface area (Å²) in [4.78, 5) is 17.2. The van der Waals surface area contributed by atoms with E-state index in [9.17, 15) is 4.79 Å². The number of aromatic amines is 1. The van der Waals surface area contributed by atoms with Gasteiger partial charge in [-0.15, -0.1) is 0 Å². The smallest absolute Gasteiger partial charge is 0.322 e. The molecule has 0 saturated carbocycles. The molecule has 1 aliphatic rings. The predicted octanol–water partition coefficient (Wildman–Crippen LogP) is -0.259. The summed E-state index contributed by atoms with van der Waals surface area (Å²) in [6, 6.07) is 10.1. The van der Waals surface area contributed by atoms with Crippen LogP contribution in [0.2, 0.25) is 0 Å². The molecule has 2 aromatic rings. The number of benzene rings is 1. The maximum absolute atomic E-state index is 12.3. The number of nitrogens with zero attached hydrogens (tertiary/aromatic N) is 1. The summed E-state index contributed by atoms with van der Waals surface area (Å²) in [6.07, 6.45) is 0. The van der Waals surface area contributed by atoms with Crippen molar-refractivity contribution in [3.63, 3.8) is 0 Å². The number of urea groups is 1. The van der Waals surface area contributed by atoms with Crippen LogP contribution in [0.15, 0.2) is 30.3 Å². The fraction of sp³-hybridized carbons (Fsp3) is 0.400. The molecule has 0 bridgehead atoms. The van der Waals surface area contributed by atoms with Gasteiger partial charge in [-0.05, 0) is 38.0 Å². The SMILES string of the molecule is Cc1ccc(C(C)Nc2ccc(NC(=O)N3CCOCC3)c(N)[nH+]2)c(C)c1.[Cl-]. The Bertz CT molecular complexity index is 824. The number of nitrogens with two attached hydrogens (primary N) is 1. The van der Waals surface area contributed by atoms with Crippen LogP contribution in [0.4, 0.5) is 22.1 Å². The minimum absolute atomic E-state index is 0. The van der Waals surface area contributed by atoms with Gasteiger partial charge in [0.1, 0.15) is 5.69 Å². The molecule has 1 aromatic heterocycles. The normalized spacial score (nSPS) is 14.8. The summed E-state index contributed by atoms with van der Waals surface area (Å²) < 4.78 is 5.27. The van der Waals surface area contributed by atoms with E-state index in [2.05, 4.69) is 54.6 Å². The van der Waals surface area contributed by atoms with Crippen molar-refractivity contribution in [1.82, 2.24) is 4.90 Å². The van der Waals surface area contributed by atoms with Crippen LogP contribution in [0.1, 0.15) is 29.7 Å². The highest BCUT2D eigenvalue weighted by molar-refractivity contribution is 5.91. The van der Waals surface area contributed by atoms with Gasteiger partial charge in [-0.2, -0.15) is 0 Å². The first-order valence-electron chi connectivity index (χ1n) is 9.23. The maximum atomic E-state index is 12.3. The molecule has 3 rings (SSSR count). The van der Waals surface area contributed by atoms with Crippen molar-refractivity contribution >= 4 is 23.4 Å². The molecule has 0 spiro atoms. The van der Waals surface area contributed by atoms with Crippen LogP contribution >= 0.6 is 0 Å². The van der Waals surface area contributed by atoms with Crippen LogP contribution in [0.3, 0.4) is 0 Å². The van der Waals surface area contributed by atoms with Crippen molar-refractivity contribution in [3.8, 4) is 0 Å². The molecule has 1 aromatic carbocycles. The molecule has 2 heterocycles. The number of H-pyrrole nitrogens is 1. The molecule has 1 atom stereocenters. The zero-order chi connectivity index (χ0) is 19.4. The predicted molar refractivity (Wildman–Crippen MR) is 107 cm³/mol. The second kappa shape index (κ2) is 9.61. The fourth-order valence-corrected chi connectivity index (χ4v) is 3.29. The first-order chi connectivity index (χ1) is 12.9. The summed E-state index contributed by atoms with van der Waals surface area (Å²) in [7, 11) is 0. The van der Waals surface area contributed by atoms with Crippen molar-refractivity contribution in [1.29, 1.82) is 0 Å². The maximum Gasteiger partial charge on any atom is 0.322 e. The summed E-state index contributed by atoms with van der Waals surface area (Å²) in [5.74, 6) is 1.21. The number of pyridine rings is 1. The number of aryl methyl sites for hydroxylation is 2. The Hall–Kier alpha value is -2.51. The highest BCUT2D eigenvalue weighted by Gasteiger charge is 2.19. The lowest BCUT2D eigenvalue weighted by atomic mass is 10.0. The van der Waals surface area contributed by atoms with Crippen LogP contribution in [0.25, 0.3) is 0 Å². The Morgan fingerprint density at radius 3 is 2.57 bits per heavy atom. The molecule has 1 unspecified atom stereocenters. The molecule has 5 N–H and O–H groups in total. The Kier molecular flexibility index (Phi) is 7.48. The number of aromatic nitrogens is 1. The van der Waals surface area contributed by atoms with Gasteiger partial charge < -0.3 is 33.1 Å². The van der Waals surface area contributed by atoms with Crippen molar-refractivity contribution in [2.45, 2.75) is 26.8 Å². The zero-order valence-corrected chi connectivity index (χ0v) is 17.3. The largest absolute Gasteiger partial charge is 1.00 e. The van der Waals surface area contributed by atoms with Gasteiger partial charge >= 0.3 is 6.03 Å². The minimum atomic E-state index is -0.164. The summed E-state index contributed by atoms with van der Waals surface area (Å²) in [6.45, 7) is 8.61. The average Bonchev–Trinajstić information content (AvgIpc) is 2.64. The van der Waals surface area contributed by atoms with Gasteiger partial charge in [-0.1, -0.05) is 23.8 Å². The number of nitrogen functional groups attached to an aromatic ring is 1. The molecule has 152 valence electrons. The van der Waals surface area contributed by atoms with Crippen LogP contribution in [-0.2, 0) is 4.74 Å². The number of morpholine rings is 1. The van der Waals surface area contributed by atoms with Crippen molar-refractivity contribution in [2.75, 3.05) is 42.7 Å². The van der Waals surface area contributed by atoms with E-state index >= 15 is 0 Å². The number of halogens is 1. The fourth-order valence-electron chi connectivity index (χ4n) is 3.29. The topological polar surface area (TPSA) is 93.8 Å². The Balaban J connectivity index is 0.00000280. The number of nitrogens with one attached hydrogen (secondary N) is 3. The lowest BCUT2D eigenvalue weighted by molar-refractivity contribution is -0.342. The highest BCUT2D eigenvalue weighted by atomic mass is 35.5. The standard InChI is InChI=1S/C20H27N5O2.ClH/c1-13-4-5-16(14(2)12-13)15(3)22-18-7-6-17(19(21)24-18)23-20(26)25-8-10-27-11-9-25;/h4-7,12,15H,8-11H2,1-3H3,(H,23,26)(H3,21,22,24);1H. The number of carbonyl (C=O) groups excluding carboxylic acids is 1. The first-order valence-corrected chi connectivity index (χ1v) is 9.23. The number of anilines is 3. The molecule has 2 amide bonds. The Morgan fingerprint density at radius 1 is 1.21 bits per heavy atom. The second-order valence-electron chi connectivity index (χ2n) is 6.95. The Morgan fingerprint density at radius 2 is 1.93 bits per heavy atom. The molecule has 0 radical (unpaired) electrons. The lowest BCUT2D eigenvalue weighted by Gasteiger charge is -2.26. The highest BCUT2D eigenvalue weighted by Crippen LogP contribution is 2.23. The van der Waals surface area contributed by atoms with E-state index < -0.39 is 0 Å². The zero-order valence-electron chi connectivity index (χ0n) is 16.5. The molecule has 7 nitrogen and oxygen atoms in total. The van der Waals surface area contributed by atoms with Crippen LogP contribution in [0, 0.1) is 13.8 Å². The van der Waals surface area contributed by atoms with Crippen molar-refractivity contribution < 1.29 is 26.9 Å². The van der Waals surface area contributed by atoms with Crippen LogP contribution in [-0.4, -0.2) is 37.2 Å². The van der Waals surface area contributed by atoms with Gasteiger partial charge in [-0.3, -0.25) is 5.32 Å². The number of rotatable bonds is 4. The number of ether oxygens (including phenoxy) is 1. The van der Waals surface area contributed by atoms with Gasteiger partial charge in [-0.25, -0.2) is 9.78 Å². The second-order valence-corrected chi connectivity index (χ2v) is 6.95. The number of hydrogen-bond donors (Lipinski definition) is 3. The van der Waals surface area contributed by atoms with Crippen LogP contribution in [0.5, 0.6) is 0 Å². The monoisotopic (exact) mass is 405 g/mol. The quantitative estimate of drug-likeness (QED) is 0.653. The summed E-state index contributed by atoms with van der Waals surface area (Å²) in [5.41, 5.74) is 10.4. The van der Waals surface area contributed by atoms with Crippen molar-refractivity contribution in [3.05, 3.63) is 47.0 Å². The van der Waals surface area contributed by atoms with E-state index in [1.54, 1.807) is 11.0 Å². The Labute approximate surface area is 172 Å². The van der Waals surface area contributed by atoms with Gasteiger partial charge in [0, 0.05) is 19.2 Å². The third-order valence-electron chi connectivity index (χ3n) is 4.78. The van der Waals surface area contributed by atoms with Crippen molar-refractivity contribution in [2.24, 2.45) is 0 Å². The molecular weight excluding hydrogens is 378 g/mol. The van der Waals surface area contributed by atoms with E-state index in [-0.39, 0.29) is 24.5 Å². The molecule has 1 aliphatic heterocycles. The minimum Gasteiger partial charge on any atom is -1.00 e. The lowest BCUT2D eigenvalue weighted by Crippen LogP contribution is -3.00. The number of amides is 2. The number of hydrogen-bond acceptors (Lipinski definition) is 4. The molecule has 1 fully saturated rings. The average molecular weight is 406 g/mol. The van der Waals surface area contributed by atoms with E-state index in [4.69, 9.17) is 10.5 Å². The van der Waals surface area contributed by atoms with E-state index in [0.29, 0.717) is 37.8 Å². The van der Waals surface area contributed by atoms with E-state index in [1.165, 1.54) is 16.7 Å². The van der Waals surface area contributed by atoms with Crippen LogP contribution < -0.4 is 33.8 Å². The third-order valence-corrected chi connectivity index (χ3v) is 4.78. The van der Waals surface area contributed by atoms with Gasteiger partial charge in [0.25, 0.3) is 0 Å². The van der Waals surface area contributed by atoms with E-state index in [0.717, 1.165) is 5.82 Å². The molecule has 0 aliphatic carbocycles. The van der Waals surface area contributed by atoms with Gasteiger partial charge in [0.2, 0.25) is 11.6 Å². The molecule has 1 saturated heterocycles. The molecular formula is C20H28ClN5O2. The van der Waals surface area contributed by atoms with Gasteiger partial charge in [0.15, 0.2) is 0 Å². The third kappa shape index (κ3) is 5.27. The number of carbonyl (C=O) groups is 1. The summed E-state index contributed by atoms with van der Waals surface area (Å²) >= 11 is 0. The molecule has 8 heteroatoms. The summed E-state index contributed by atoms with van der Waals surface area (Å²) in [5, 5.41) is 6.28. The van der Waals surface area contributed by atoms with E-state index in [1.807, 2.05) is 6.07 Å². The van der Waals surface area contributed by atoms with Gasteiger partial charge in [0.05, 0.1) is 19.3 Å². The molecule has 28 heavy (non-hydrogen) atoms.